The second-order valence-corrected chi connectivity index (χ2v) is 4.78. The van der Waals surface area contributed by atoms with Crippen molar-refractivity contribution in [1.29, 1.82) is 0 Å². The van der Waals surface area contributed by atoms with Gasteiger partial charge in [-0.1, -0.05) is 6.07 Å². The molecule has 0 aliphatic carbocycles. The maximum absolute atomic E-state index is 5.50. The van der Waals surface area contributed by atoms with Crippen LogP contribution in [0.5, 0.6) is 0 Å². The van der Waals surface area contributed by atoms with Gasteiger partial charge in [0.2, 0.25) is 0 Å². The molecule has 1 aromatic heterocycles. The van der Waals surface area contributed by atoms with Crippen LogP contribution in [0.15, 0.2) is 30.0 Å². The molecule has 4 heteroatoms. The van der Waals surface area contributed by atoms with Crippen LogP contribution in [-0.2, 0) is 4.74 Å². The van der Waals surface area contributed by atoms with Crippen LogP contribution in [0.3, 0.4) is 0 Å². The molecule has 0 amide bonds. The second-order valence-electron chi connectivity index (χ2n) is 3.89. The Morgan fingerprint density at radius 3 is 3.25 bits per heavy atom. The average Bonchev–Trinajstić information content (AvgIpc) is 2.77. The first-order valence-electron chi connectivity index (χ1n) is 5.26. The van der Waals surface area contributed by atoms with Crippen molar-refractivity contribution in [2.45, 2.75) is 13.0 Å². The predicted molar refractivity (Wildman–Crippen MR) is 66.1 cm³/mol. The van der Waals surface area contributed by atoms with Crippen molar-refractivity contribution in [2.75, 3.05) is 6.54 Å². The number of benzene rings is 1. The molecule has 2 heterocycles. The lowest BCUT2D eigenvalue weighted by Gasteiger charge is -2.21. The molecule has 1 unspecified atom stereocenters. The molecular formula is C12H12N2OS. The van der Waals surface area contributed by atoms with Crippen molar-refractivity contribution < 1.29 is 4.74 Å². The summed E-state index contributed by atoms with van der Waals surface area (Å²) in [6.45, 7) is 2.89. The van der Waals surface area contributed by atoms with Gasteiger partial charge >= 0.3 is 0 Å². The summed E-state index contributed by atoms with van der Waals surface area (Å²) in [6, 6.07) is 6.28. The summed E-state index contributed by atoms with van der Waals surface area (Å²) in [5.74, 6) is 0. The summed E-state index contributed by atoms with van der Waals surface area (Å²) in [7, 11) is 0. The van der Waals surface area contributed by atoms with E-state index in [2.05, 4.69) is 28.5 Å². The zero-order valence-corrected chi connectivity index (χ0v) is 9.75. The Balaban J connectivity index is 1.99. The van der Waals surface area contributed by atoms with Crippen LogP contribution in [0.2, 0.25) is 0 Å². The van der Waals surface area contributed by atoms with Crippen molar-refractivity contribution in [3.8, 4) is 0 Å². The largest absolute Gasteiger partial charge is 0.494 e. The van der Waals surface area contributed by atoms with Crippen molar-refractivity contribution in [3.05, 3.63) is 35.5 Å². The summed E-state index contributed by atoms with van der Waals surface area (Å²) in [4.78, 5) is 4.31. The lowest BCUT2D eigenvalue weighted by Crippen LogP contribution is -2.29. The monoisotopic (exact) mass is 232 g/mol. The van der Waals surface area contributed by atoms with Gasteiger partial charge in [-0.25, -0.2) is 4.98 Å². The average molecular weight is 232 g/mol. The molecule has 16 heavy (non-hydrogen) atoms. The van der Waals surface area contributed by atoms with E-state index in [9.17, 15) is 0 Å². The number of aromatic nitrogens is 1. The summed E-state index contributed by atoms with van der Waals surface area (Å²) in [6.07, 6.45) is 2.04. The molecule has 1 aliphatic heterocycles. The fourth-order valence-electron chi connectivity index (χ4n) is 1.72. The van der Waals surface area contributed by atoms with Gasteiger partial charge in [-0.2, -0.15) is 0 Å². The molecule has 1 N–H and O–H groups in total. The Morgan fingerprint density at radius 2 is 2.44 bits per heavy atom. The maximum Gasteiger partial charge on any atom is 0.112 e. The first-order valence-corrected chi connectivity index (χ1v) is 6.14. The van der Waals surface area contributed by atoms with Gasteiger partial charge in [0.05, 0.1) is 28.0 Å². The third kappa shape index (κ3) is 1.65. The van der Waals surface area contributed by atoms with Crippen molar-refractivity contribution in [3.63, 3.8) is 0 Å². The molecule has 0 fully saturated rings. The molecule has 82 valence electrons. The lowest BCUT2D eigenvalue weighted by atomic mass is 10.1. The van der Waals surface area contributed by atoms with Crippen LogP contribution in [-0.4, -0.2) is 17.6 Å². The van der Waals surface area contributed by atoms with Crippen LogP contribution < -0.4 is 5.32 Å². The molecule has 0 saturated carbocycles. The van der Waals surface area contributed by atoms with Crippen molar-refractivity contribution >= 4 is 27.3 Å². The van der Waals surface area contributed by atoms with Crippen LogP contribution in [0.1, 0.15) is 12.5 Å². The molecule has 3 rings (SSSR count). The second kappa shape index (κ2) is 3.79. The van der Waals surface area contributed by atoms with E-state index >= 15 is 0 Å². The lowest BCUT2D eigenvalue weighted by molar-refractivity contribution is 0.152. The Kier molecular flexibility index (Phi) is 2.29. The van der Waals surface area contributed by atoms with Gasteiger partial charge in [0.25, 0.3) is 0 Å². The van der Waals surface area contributed by atoms with Gasteiger partial charge in [-0.05, 0) is 19.1 Å². The zero-order valence-electron chi connectivity index (χ0n) is 8.93. The van der Waals surface area contributed by atoms with Crippen molar-refractivity contribution in [2.24, 2.45) is 0 Å². The Labute approximate surface area is 97.8 Å². The Bertz CT molecular complexity index is 547. The standard InChI is InChI=1S/C12H12N2OS/c1-8-5-13-11(6-15-8)9-2-3-12-10(4-9)14-7-16-12/h2-4,6-8,13H,5H2,1H3. The van der Waals surface area contributed by atoms with E-state index in [0.29, 0.717) is 0 Å². The number of nitrogens with one attached hydrogen (secondary N) is 1. The Morgan fingerprint density at radius 1 is 1.50 bits per heavy atom. The molecule has 3 nitrogen and oxygen atoms in total. The minimum absolute atomic E-state index is 0.242. The van der Waals surface area contributed by atoms with Gasteiger partial charge in [0.15, 0.2) is 0 Å². The van der Waals surface area contributed by atoms with Crippen LogP contribution in [0.4, 0.5) is 0 Å². The smallest absolute Gasteiger partial charge is 0.112 e. The minimum atomic E-state index is 0.242. The topological polar surface area (TPSA) is 34.2 Å². The summed E-state index contributed by atoms with van der Waals surface area (Å²) in [5, 5.41) is 3.35. The van der Waals surface area contributed by atoms with Crippen LogP contribution in [0, 0.1) is 0 Å². The molecular weight excluding hydrogens is 220 g/mol. The van der Waals surface area contributed by atoms with Crippen LogP contribution >= 0.6 is 11.3 Å². The van der Waals surface area contributed by atoms with Gasteiger partial charge in [-0.3, -0.25) is 0 Å². The predicted octanol–water partition coefficient (Wildman–Crippen LogP) is 2.60. The normalized spacial score (nSPS) is 20.1. The molecule has 0 radical (unpaired) electrons. The fraction of sp³-hybridized carbons (Fsp3) is 0.250. The third-order valence-electron chi connectivity index (χ3n) is 2.64. The van der Waals surface area contributed by atoms with Gasteiger partial charge in [-0.15, -0.1) is 11.3 Å². The first-order chi connectivity index (χ1) is 7.83. The van der Waals surface area contributed by atoms with Gasteiger partial charge < -0.3 is 10.1 Å². The highest BCUT2D eigenvalue weighted by molar-refractivity contribution is 7.16. The number of rotatable bonds is 1. The summed E-state index contributed by atoms with van der Waals surface area (Å²) >= 11 is 1.66. The number of fused-ring (bicyclic) bond motifs is 1. The van der Waals surface area contributed by atoms with E-state index in [1.807, 2.05) is 12.4 Å². The molecule has 1 aliphatic rings. The van der Waals surface area contributed by atoms with Crippen LogP contribution in [0.25, 0.3) is 15.9 Å². The van der Waals surface area contributed by atoms with Gasteiger partial charge in [0.1, 0.15) is 12.4 Å². The number of hydrogen-bond donors (Lipinski definition) is 1. The third-order valence-corrected chi connectivity index (χ3v) is 3.45. The highest BCUT2D eigenvalue weighted by Crippen LogP contribution is 2.23. The highest BCUT2D eigenvalue weighted by Gasteiger charge is 2.11. The molecule has 2 aromatic rings. The van der Waals surface area contributed by atoms with Gasteiger partial charge in [0, 0.05) is 5.56 Å². The highest BCUT2D eigenvalue weighted by atomic mass is 32.1. The molecule has 0 bridgehead atoms. The van der Waals surface area contributed by atoms with E-state index in [1.54, 1.807) is 17.6 Å². The van der Waals surface area contributed by atoms with E-state index in [-0.39, 0.29) is 6.10 Å². The van der Waals surface area contributed by atoms with E-state index < -0.39 is 0 Å². The number of ether oxygens (including phenoxy) is 1. The minimum Gasteiger partial charge on any atom is -0.494 e. The maximum atomic E-state index is 5.50. The van der Waals surface area contributed by atoms with E-state index in [4.69, 9.17) is 4.74 Å². The fourth-order valence-corrected chi connectivity index (χ4v) is 2.38. The molecule has 0 spiro atoms. The number of nitrogens with zero attached hydrogens (tertiary/aromatic N) is 1. The summed E-state index contributed by atoms with van der Waals surface area (Å²) < 4.78 is 6.71. The zero-order chi connectivity index (χ0) is 11.0. The first kappa shape index (κ1) is 9.66. The van der Waals surface area contributed by atoms with E-state index in [0.717, 1.165) is 23.3 Å². The van der Waals surface area contributed by atoms with Crippen molar-refractivity contribution in [1.82, 2.24) is 10.3 Å². The quantitative estimate of drug-likeness (QED) is 0.820. The number of hydrogen-bond acceptors (Lipinski definition) is 4. The summed E-state index contributed by atoms with van der Waals surface area (Å²) in [5.41, 5.74) is 5.08. The molecule has 0 saturated heterocycles. The Hall–Kier alpha value is -1.55. The number of thiazole rings is 1. The molecule has 1 atom stereocenters. The molecule has 1 aromatic carbocycles. The SMILES string of the molecule is CC1CNC(c2ccc3scnc3c2)=CO1. The van der Waals surface area contributed by atoms with E-state index in [1.165, 1.54) is 4.70 Å².